The van der Waals surface area contributed by atoms with Crippen molar-refractivity contribution in [1.29, 1.82) is 0 Å². The Kier molecular flexibility index (Phi) is 4.35. The van der Waals surface area contributed by atoms with Gasteiger partial charge in [-0.15, -0.1) is 0 Å². The molecule has 0 aromatic heterocycles. The maximum absolute atomic E-state index is 13.2. The first-order chi connectivity index (χ1) is 12.5. The molecule has 0 saturated carbocycles. The molecule has 3 aliphatic heterocycles. The summed E-state index contributed by atoms with van der Waals surface area (Å²) in [7, 11) is 7.41. The van der Waals surface area contributed by atoms with Crippen LogP contribution in [0.25, 0.3) is 0 Å². The van der Waals surface area contributed by atoms with E-state index in [1.54, 1.807) is 26.4 Å². The van der Waals surface area contributed by atoms with Crippen LogP contribution < -0.4 is 9.47 Å². The van der Waals surface area contributed by atoms with Crippen molar-refractivity contribution in [3.05, 3.63) is 23.8 Å². The van der Waals surface area contributed by atoms with Crippen molar-refractivity contribution in [3.8, 4) is 11.5 Å². The third kappa shape index (κ3) is 2.67. The molecule has 3 aliphatic rings. The molecule has 4 rings (SSSR count). The molecule has 4 atom stereocenters. The molecule has 6 heteroatoms. The molecule has 0 aliphatic carbocycles. The first-order valence-electron chi connectivity index (χ1n) is 9.31. The van der Waals surface area contributed by atoms with Gasteiger partial charge in [0.05, 0.1) is 38.0 Å². The molecule has 3 fully saturated rings. The Bertz CT molecular complexity index is 707. The van der Waals surface area contributed by atoms with Gasteiger partial charge in [-0.3, -0.25) is 4.79 Å². The first-order valence-corrected chi connectivity index (χ1v) is 9.31. The number of amides is 1. The van der Waals surface area contributed by atoms with Crippen molar-refractivity contribution in [1.82, 2.24) is 9.80 Å². The van der Waals surface area contributed by atoms with Crippen LogP contribution in [0.1, 0.15) is 23.2 Å². The lowest BCUT2D eigenvalue weighted by atomic mass is 9.73. The predicted octanol–water partition coefficient (Wildman–Crippen LogP) is 1.88. The first kappa shape index (κ1) is 17.6. The van der Waals surface area contributed by atoms with Crippen molar-refractivity contribution in [2.75, 3.05) is 47.9 Å². The summed E-state index contributed by atoms with van der Waals surface area (Å²) in [6, 6.07) is 5.36. The average molecular weight is 360 g/mol. The van der Waals surface area contributed by atoms with Crippen LogP contribution in [0.5, 0.6) is 11.5 Å². The SMILES string of the molecule is COc1ccc(C(=O)N2C[C@@H]3[C@H](CN(C)C)[C@H]4CC[C@]3(C2)O4)c(OC)c1. The quantitative estimate of drug-likeness (QED) is 0.803. The average Bonchev–Trinajstić information content (AvgIpc) is 3.30. The van der Waals surface area contributed by atoms with E-state index in [2.05, 4.69) is 19.0 Å². The van der Waals surface area contributed by atoms with Crippen molar-refractivity contribution < 1.29 is 19.0 Å². The van der Waals surface area contributed by atoms with E-state index in [0.717, 1.165) is 25.9 Å². The highest BCUT2D eigenvalue weighted by atomic mass is 16.5. The zero-order valence-corrected chi connectivity index (χ0v) is 16.0. The Hall–Kier alpha value is -1.79. The molecule has 3 saturated heterocycles. The number of nitrogens with zero attached hydrogens (tertiary/aromatic N) is 2. The fraction of sp³-hybridized carbons (Fsp3) is 0.650. The lowest BCUT2D eigenvalue weighted by molar-refractivity contribution is 0.00253. The van der Waals surface area contributed by atoms with Crippen LogP contribution in [-0.4, -0.2) is 75.4 Å². The Morgan fingerprint density at radius 1 is 1.35 bits per heavy atom. The molecule has 2 bridgehead atoms. The van der Waals surface area contributed by atoms with Gasteiger partial charge in [0.1, 0.15) is 11.5 Å². The highest BCUT2D eigenvalue weighted by Crippen LogP contribution is 2.55. The highest BCUT2D eigenvalue weighted by molar-refractivity contribution is 5.97. The molecule has 1 spiro atoms. The van der Waals surface area contributed by atoms with Crippen LogP contribution in [0.15, 0.2) is 18.2 Å². The van der Waals surface area contributed by atoms with Crippen LogP contribution in [0.3, 0.4) is 0 Å². The number of rotatable bonds is 5. The van der Waals surface area contributed by atoms with Crippen LogP contribution in [0.4, 0.5) is 0 Å². The normalized spacial score (nSPS) is 32.2. The van der Waals surface area contributed by atoms with Crippen molar-refractivity contribution in [2.45, 2.75) is 24.5 Å². The summed E-state index contributed by atoms with van der Waals surface area (Å²) in [5, 5.41) is 0. The largest absolute Gasteiger partial charge is 0.497 e. The van der Waals surface area contributed by atoms with Crippen LogP contribution in [-0.2, 0) is 4.74 Å². The fourth-order valence-electron chi connectivity index (χ4n) is 5.16. The maximum Gasteiger partial charge on any atom is 0.257 e. The van der Waals surface area contributed by atoms with E-state index >= 15 is 0 Å². The predicted molar refractivity (Wildman–Crippen MR) is 97.8 cm³/mol. The third-order valence-corrected chi connectivity index (χ3v) is 6.29. The number of methoxy groups -OCH3 is 2. The fourth-order valence-corrected chi connectivity index (χ4v) is 5.16. The van der Waals surface area contributed by atoms with Crippen molar-refractivity contribution >= 4 is 5.91 Å². The summed E-state index contributed by atoms with van der Waals surface area (Å²) < 4.78 is 17.1. The monoisotopic (exact) mass is 360 g/mol. The van der Waals surface area contributed by atoms with Crippen molar-refractivity contribution in [3.63, 3.8) is 0 Å². The number of benzene rings is 1. The van der Waals surface area contributed by atoms with Gasteiger partial charge >= 0.3 is 0 Å². The van der Waals surface area contributed by atoms with E-state index in [1.165, 1.54) is 0 Å². The number of hydrogen-bond acceptors (Lipinski definition) is 5. The Balaban J connectivity index is 1.56. The van der Waals surface area contributed by atoms with Gasteiger partial charge in [0.15, 0.2) is 0 Å². The van der Waals surface area contributed by atoms with E-state index in [1.807, 2.05) is 11.0 Å². The summed E-state index contributed by atoms with van der Waals surface area (Å²) in [6.07, 6.45) is 2.54. The summed E-state index contributed by atoms with van der Waals surface area (Å²) in [5.74, 6) is 2.19. The minimum Gasteiger partial charge on any atom is -0.497 e. The molecule has 6 nitrogen and oxygen atoms in total. The standard InChI is InChI=1S/C20H28N2O4/c1-21(2)10-15-16-11-22(12-20(16)8-7-17(15)26-20)19(23)14-6-5-13(24-3)9-18(14)25-4/h5-6,9,15-17H,7-8,10-12H2,1-4H3/t15-,16+,17+,20+/m0/s1. The second kappa shape index (κ2) is 6.43. The third-order valence-electron chi connectivity index (χ3n) is 6.29. The Labute approximate surface area is 155 Å². The maximum atomic E-state index is 13.2. The number of carbonyl (C=O) groups is 1. The number of likely N-dealkylation sites (tertiary alicyclic amines) is 1. The molecule has 1 aromatic carbocycles. The Morgan fingerprint density at radius 3 is 2.85 bits per heavy atom. The van der Waals surface area contributed by atoms with E-state index in [9.17, 15) is 4.79 Å². The molecular weight excluding hydrogens is 332 g/mol. The van der Waals surface area contributed by atoms with Crippen molar-refractivity contribution in [2.24, 2.45) is 11.8 Å². The number of ether oxygens (including phenoxy) is 3. The summed E-state index contributed by atoms with van der Waals surface area (Å²) in [5.41, 5.74) is 0.448. The van der Waals surface area contributed by atoms with Gasteiger partial charge in [-0.2, -0.15) is 0 Å². The Morgan fingerprint density at radius 2 is 2.15 bits per heavy atom. The molecule has 26 heavy (non-hydrogen) atoms. The minimum atomic E-state index is -0.138. The van der Waals surface area contributed by atoms with Gasteiger partial charge in [0.2, 0.25) is 0 Å². The van der Waals surface area contributed by atoms with Crippen LogP contribution >= 0.6 is 0 Å². The smallest absolute Gasteiger partial charge is 0.257 e. The second-order valence-corrected chi connectivity index (χ2v) is 8.04. The van der Waals surface area contributed by atoms with Gasteiger partial charge in [-0.25, -0.2) is 0 Å². The van der Waals surface area contributed by atoms with Crippen LogP contribution in [0.2, 0.25) is 0 Å². The van der Waals surface area contributed by atoms with Gasteiger partial charge in [0.25, 0.3) is 5.91 Å². The number of hydrogen-bond donors (Lipinski definition) is 0. The molecule has 3 heterocycles. The summed E-state index contributed by atoms with van der Waals surface area (Å²) in [6.45, 7) is 2.47. The zero-order chi connectivity index (χ0) is 18.5. The molecule has 0 radical (unpaired) electrons. The van der Waals surface area contributed by atoms with E-state index < -0.39 is 0 Å². The summed E-state index contributed by atoms with van der Waals surface area (Å²) in [4.78, 5) is 17.4. The lowest BCUT2D eigenvalue weighted by Crippen LogP contribution is -2.40. The van der Waals surface area contributed by atoms with Gasteiger partial charge < -0.3 is 24.0 Å². The number of carbonyl (C=O) groups excluding carboxylic acids is 1. The molecule has 0 unspecified atom stereocenters. The van der Waals surface area contributed by atoms with Crippen LogP contribution in [0, 0.1) is 11.8 Å². The minimum absolute atomic E-state index is 0.0175. The zero-order valence-electron chi connectivity index (χ0n) is 16.0. The summed E-state index contributed by atoms with van der Waals surface area (Å²) >= 11 is 0. The van der Waals surface area contributed by atoms with E-state index in [-0.39, 0.29) is 11.5 Å². The molecule has 0 N–H and O–H groups in total. The molecule has 1 amide bonds. The van der Waals surface area contributed by atoms with Gasteiger partial charge in [-0.05, 0) is 39.1 Å². The molecule has 1 aromatic rings. The van der Waals surface area contributed by atoms with Gasteiger partial charge in [0, 0.05) is 31.0 Å². The molecular formula is C20H28N2O4. The van der Waals surface area contributed by atoms with Gasteiger partial charge in [-0.1, -0.05) is 0 Å². The second-order valence-electron chi connectivity index (χ2n) is 8.04. The topological polar surface area (TPSA) is 51.2 Å². The number of fused-ring (bicyclic) bond motifs is 1. The lowest BCUT2D eigenvalue weighted by Gasteiger charge is -2.30. The highest BCUT2D eigenvalue weighted by Gasteiger charge is 2.63. The van der Waals surface area contributed by atoms with E-state index in [4.69, 9.17) is 14.2 Å². The molecule has 142 valence electrons. The van der Waals surface area contributed by atoms with E-state index in [0.29, 0.717) is 41.5 Å².